The Hall–Kier alpha value is -5.65. The molecule has 3 aromatic heterocycles. The molecule has 54 heavy (non-hydrogen) atoms. The van der Waals surface area contributed by atoms with Gasteiger partial charge in [0.2, 0.25) is 12.6 Å². The predicted octanol–water partition coefficient (Wildman–Crippen LogP) is 4.89. The van der Waals surface area contributed by atoms with Gasteiger partial charge in [0.1, 0.15) is 36.2 Å². The van der Waals surface area contributed by atoms with Gasteiger partial charge in [-0.2, -0.15) is 4.57 Å². The summed E-state index contributed by atoms with van der Waals surface area (Å²) in [6.45, 7) is 4.78. The predicted molar refractivity (Wildman–Crippen MR) is 192 cm³/mol. The number of nitrogens with zero attached hydrogens (tertiary/aromatic N) is 6. The maximum absolute atomic E-state index is 15.4. The van der Waals surface area contributed by atoms with Crippen LogP contribution in [-0.4, -0.2) is 70.1 Å². The van der Waals surface area contributed by atoms with Crippen molar-refractivity contribution in [3.05, 3.63) is 112 Å². The van der Waals surface area contributed by atoms with Crippen LogP contribution >= 0.6 is 11.3 Å². The zero-order valence-corrected chi connectivity index (χ0v) is 31.0. The molecule has 3 atom stereocenters. The van der Waals surface area contributed by atoms with E-state index in [2.05, 4.69) is 15.4 Å². The number of anilines is 1. The third kappa shape index (κ3) is 9.10. The quantitative estimate of drug-likeness (QED) is 0.0849. The highest BCUT2D eigenvalue weighted by atomic mass is 32.1. The van der Waals surface area contributed by atoms with Crippen LogP contribution in [0.15, 0.2) is 78.8 Å². The third-order valence-corrected chi connectivity index (χ3v) is 9.59. The van der Waals surface area contributed by atoms with Crippen LogP contribution in [0.25, 0.3) is 11.3 Å². The maximum atomic E-state index is 15.4. The van der Waals surface area contributed by atoms with Gasteiger partial charge < -0.3 is 24.6 Å². The number of ether oxygens (including phenoxy) is 3. The Bertz CT molecular complexity index is 2090. The van der Waals surface area contributed by atoms with E-state index in [0.29, 0.717) is 27.4 Å². The minimum atomic E-state index is -2.06. The van der Waals surface area contributed by atoms with E-state index in [1.54, 1.807) is 69.6 Å². The van der Waals surface area contributed by atoms with Gasteiger partial charge in [0, 0.05) is 53.3 Å². The highest BCUT2D eigenvalue weighted by molar-refractivity contribution is 7.10. The molecule has 1 amide bonds. The average Bonchev–Trinajstić information content (AvgIpc) is 3.85. The number of rotatable bonds is 15. The van der Waals surface area contributed by atoms with Crippen LogP contribution in [0.3, 0.4) is 0 Å². The summed E-state index contributed by atoms with van der Waals surface area (Å²) in [5.74, 6) is -3.14. The number of nitrogens with one attached hydrogen (secondary N) is 1. The van der Waals surface area contributed by atoms with Gasteiger partial charge in [-0.05, 0) is 50.4 Å². The van der Waals surface area contributed by atoms with Crippen LogP contribution in [0.5, 0.6) is 0 Å². The highest BCUT2D eigenvalue weighted by Crippen LogP contribution is 2.41. The lowest BCUT2D eigenvalue weighted by Crippen LogP contribution is -2.42. The zero-order valence-electron chi connectivity index (χ0n) is 30.2. The summed E-state index contributed by atoms with van der Waals surface area (Å²) in [4.78, 5) is 47.3. The smallest absolute Gasteiger partial charge is 0.418 e. The first kappa shape index (κ1) is 39.6. The molecular weight excluding hydrogens is 725 g/mol. The van der Waals surface area contributed by atoms with Gasteiger partial charge in [-0.3, -0.25) is 9.69 Å². The van der Waals surface area contributed by atoms with E-state index >= 15 is 4.39 Å². The van der Waals surface area contributed by atoms with Gasteiger partial charge in [-0.15, -0.1) is 16.0 Å². The van der Waals surface area contributed by atoms with Crippen LogP contribution in [0.4, 0.5) is 19.4 Å². The summed E-state index contributed by atoms with van der Waals surface area (Å²) >= 11 is 1.23. The fourth-order valence-corrected chi connectivity index (χ4v) is 6.50. The molecule has 1 unspecified atom stereocenters. The molecule has 5 rings (SSSR count). The molecule has 0 spiro atoms. The van der Waals surface area contributed by atoms with Crippen LogP contribution in [-0.2, 0) is 37.8 Å². The molecule has 0 saturated heterocycles. The van der Waals surface area contributed by atoms with Gasteiger partial charge in [-0.1, -0.05) is 25.1 Å². The van der Waals surface area contributed by atoms with E-state index in [1.807, 2.05) is 0 Å². The zero-order chi connectivity index (χ0) is 39.0. The highest BCUT2D eigenvalue weighted by Gasteiger charge is 2.43. The minimum absolute atomic E-state index is 0.0189. The van der Waals surface area contributed by atoms with Gasteiger partial charge in [0.25, 0.3) is 6.33 Å². The Morgan fingerprint density at radius 1 is 1.11 bits per heavy atom. The monoisotopic (exact) mass is 764 g/mol. The molecule has 0 fully saturated rings. The van der Waals surface area contributed by atoms with E-state index in [1.165, 1.54) is 51.4 Å². The topological polar surface area (TPSA) is 162 Å². The van der Waals surface area contributed by atoms with Gasteiger partial charge >= 0.3 is 18.0 Å². The number of carbonyl (C=O) groups excluding carboxylic acids is 3. The number of esters is 2. The molecule has 0 aliphatic rings. The first-order valence-corrected chi connectivity index (χ1v) is 17.7. The minimum Gasteiger partial charge on any atom is -0.462 e. The molecule has 284 valence electrons. The molecule has 17 heteroatoms. The van der Waals surface area contributed by atoms with Crippen molar-refractivity contribution in [2.45, 2.75) is 51.7 Å². The Kier molecular flexibility index (Phi) is 12.8. The van der Waals surface area contributed by atoms with Gasteiger partial charge in [-0.25, -0.2) is 28.3 Å². The van der Waals surface area contributed by atoms with Crippen molar-refractivity contribution in [1.29, 1.82) is 0 Å². The van der Waals surface area contributed by atoms with Crippen molar-refractivity contribution in [3.63, 3.8) is 0 Å². The molecule has 2 N–H and O–H groups in total. The van der Waals surface area contributed by atoms with E-state index in [-0.39, 0.29) is 37.7 Å². The lowest BCUT2D eigenvalue weighted by Gasteiger charge is -2.32. The average molecular weight is 765 g/mol. The summed E-state index contributed by atoms with van der Waals surface area (Å²) in [6.07, 6.45) is 2.62. The number of hydrogen-bond acceptors (Lipinski definition) is 12. The number of likely N-dealkylation sites (N-methyl/N-ethyl adjacent to an activating group) is 1. The molecule has 0 radical (unpaired) electrons. The second-order valence-electron chi connectivity index (χ2n) is 12.2. The lowest BCUT2D eigenvalue weighted by atomic mass is 9.82. The summed E-state index contributed by atoms with van der Waals surface area (Å²) in [6, 6.07) is 12.9. The number of thiazole rings is 1. The number of aromatic nitrogens is 5. The van der Waals surface area contributed by atoms with Crippen molar-refractivity contribution < 1.29 is 47.0 Å². The Labute approximate surface area is 314 Å². The van der Waals surface area contributed by atoms with Crippen LogP contribution in [0.2, 0.25) is 0 Å². The van der Waals surface area contributed by atoms with Crippen molar-refractivity contribution in [1.82, 2.24) is 25.1 Å². The molecule has 0 aliphatic heterocycles. The van der Waals surface area contributed by atoms with Crippen molar-refractivity contribution >= 4 is 35.2 Å². The number of pyridine rings is 1. The second-order valence-corrected chi connectivity index (χ2v) is 13.1. The third-order valence-electron chi connectivity index (χ3n) is 8.56. The standard InChI is InChI=1S/C37H40F2N7O7S/c1-6-51-35(48)26-11-9-25(10-12-26)31-19-54-34(43-31)23(2)37(50,29-16-28(38)13-14-30(29)39)20-46-22-45(21-42-46)24(3)53-36(49)44(5)33-27(8-7-15-41-33)18-52-32(47)17-40-4/h7-16,19,21-24,40,50H,6,17-18,20H2,1-5H3/q+1/t23-,24?,37+/m0/s1. The molecule has 3 heterocycles. The number of hydrogen-bond donors (Lipinski definition) is 2. The van der Waals surface area contributed by atoms with Crippen molar-refractivity contribution in [3.8, 4) is 11.3 Å². The number of amides is 1. The van der Waals surface area contributed by atoms with E-state index < -0.39 is 47.4 Å². The Balaban J connectivity index is 1.34. The molecular formula is C37H40F2N7O7S+. The molecule has 14 nitrogen and oxygen atoms in total. The van der Waals surface area contributed by atoms with E-state index in [9.17, 15) is 23.9 Å². The maximum Gasteiger partial charge on any atom is 0.418 e. The van der Waals surface area contributed by atoms with Crippen LogP contribution in [0.1, 0.15) is 59.4 Å². The first-order valence-electron chi connectivity index (χ1n) is 16.9. The van der Waals surface area contributed by atoms with Crippen LogP contribution in [0, 0.1) is 11.6 Å². The van der Waals surface area contributed by atoms with Gasteiger partial charge in [0.15, 0.2) is 0 Å². The largest absolute Gasteiger partial charge is 0.462 e. The van der Waals surface area contributed by atoms with Crippen LogP contribution < -0.4 is 14.8 Å². The number of carbonyl (C=O) groups is 3. The normalized spacial score (nSPS) is 13.4. The lowest BCUT2D eigenvalue weighted by molar-refractivity contribution is -0.753. The SMILES string of the molecule is CCOC(=O)c1ccc(-c2csc([C@H](C)[C@](O)(Cn3c[n+](C(C)OC(=O)N(C)c4ncccc4COC(=O)CNC)cn3)c3cc(F)ccc3F)n2)cc1. The number of aliphatic hydroxyl groups is 1. The summed E-state index contributed by atoms with van der Waals surface area (Å²) < 4.78 is 48.7. The van der Waals surface area contributed by atoms with Crippen molar-refractivity contribution in [2.75, 3.05) is 32.1 Å². The number of benzene rings is 2. The number of halogens is 2. The second kappa shape index (κ2) is 17.5. The summed E-state index contributed by atoms with van der Waals surface area (Å²) in [5.41, 5.74) is -0.235. The van der Waals surface area contributed by atoms with Crippen molar-refractivity contribution in [2.24, 2.45) is 0 Å². The fraction of sp³-hybridized carbons (Fsp3) is 0.324. The van der Waals surface area contributed by atoms with Gasteiger partial charge in [0.05, 0.1) is 29.4 Å². The first-order chi connectivity index (χ1) is 25.8. The summed E-state index contributed by atoms with van der Waals surface area (Å²) in [5, 5.41) is 21.6. The molecule has 5 aromatic rings. The molecule has 2 aromatic carbocycles. The fourth-order valence-electron chi connectivity index (χ4n) is 5.53. The molecule has 0 saturated carbocycles. The summed E-state index contributed by atoms with van der Waals surface area (Å²) in [7, 11) is 3.08. The van der Waals surface area contributed by atoms with E-state index in [0.717, 1.165) is 18.2 Å². The van der Waals surface area contributed by atoms with E-state index in [4.69, 9.17) is 19.2 Å². The molecule has 0 bridgehead atoms. The Morgan fingerprint density at radius 2 is 1.87 bits per heavy atom. The Morgan fingerprint density at radius 3 is 2.59 bits per heavy atom. The molecule has 0 aliphatic carbocycles.